The first kappa shape index (κ1) is 37.6. The Morgan fingerprint density at radius 1 is 0.489 bits per heavy atom. The second kappa shape index (κ2) is 14.4. The molecule has 0 radical (unpaired) electrons. The van der Waals surface area contributed by atoms with Crippen molar-refractivity contribution in [1.82, 2.24) is 0 Å². The summed E-state index contributed by atoms with van der Waals surface area (Å²) >= 11 is -1.000. The molecular formula is C44H50Cl2Zr. The summed E-state index contributed by atoms with van der Waals surface area (Å²) < 4.78 is 1.18. The number of benzene rings is 4. The number of hydrogen-bond acceptors (Lipinski definition) is 0. The number of rotatable bonds is 6. The van der Waals surface area contributed by atoms with Crippen LogP contribution in [0.2, 0.25) is 0 Å². The zero-order chi connectivity index (χ0) is 32.3. The number of fused-ring (bicyclic) bond motifs is 2. The molecule has 0 fully saturated rings. The van der Waals surface area contributed by atoms with Crippen LogP contribution in [0.5, 0.6) is 0 Å². The predicted molar refractivity (Wildman–Crippen MR) is 192 cm³/mol. The van der Waals surface area contributed by atoms with Gasteiger partial charge in [-0.25, -0.2) is 0 Å². The number of allylic oxidation sites excluding steroid dienone is 2. The first-order valence-electron chi connectivity index (χ1n) is 16.9. The van der Waals surface area contributed by atoms with Gasteiger partial charge in [0.05, 0.1) is 0 Å². The van der Waals surface area contributed by atoms with Gasteiger partial charge < -0.3 is 24.8 Å². The largest absolute Gasteiger partial charge is 1.00 e. The van der Waals surface area contributed by atoms with E-state index < -0.39 is 23.2 Å². The molecule has 2 unspecified atom stereocenters. The van der Waals surface area contributed by atoms with Gasteiger partial charge in [-0.2, -0.15) is 0 Å². The maximum atomic E-state index is 2.58. The van der Waals surface area contributed by atoms with Crippen LogP contribution >= 0.6 is 0 Å². The number of hydrogen-bond donors (Lipinski definition) is 0. The standard InChI is InChI=1S/2C22H25.2ClH.Zr/c2*1-15(2)18-13-17-7-6-8-20(21(17)14-18)16-9-11-19(12-10-16)22(3,4)5;;;/h2*6-15H,1-5H3;2*1H;/q;;;;+2/p-2. The van der Waals surface area contributed by atoms with Crippen LogP contribution in [0, 0.1) is 11.8 Å². The fourth-order valence-corrected chi connectivity index (χ4v) is 13.1. The zero-order valence-corrected chi connectivity index (χ0v) is 33.8. The second-order valence-electron chi connectivity index (χ2n) is 15.9. The van der Waals surface area contributed by atoms with Gasteiger partial charge in [0, 0.05) is 0 Å². The topological polar surface area (TPSA) is 0 Å². The molecule has 0 saturated carbocycles. The smallest absolute Gasteiger partial charge is 1.00 e. The van der Waals surface area contributed by atoms with Crippen molar-refractivity contribution in [2.45, 2.75) is 87.3 Å². The molecule has 0 spiro atoms. The number of halogens is 2. The van der Waals surface area contributed by atoms with Gasteiger partial charge in [-0.15, -0.1) is 0 Å². The minimum Gasteiger partial charge on any atom is -1.00 e. The summed E-state index contributed by atoms with van der Waals surface area (Å²) in [5.41, 5.74) is 18.0. The Labute approximate surface area is 309 Å². The summed E-state index contributed by atoms with van der Waals surface area (Å²) in [5.74, 6) is 1.08. The zero-order valence-electron chi connectivity index (χ0n) is 29.8. The molecule has 0 aliphatic heterocycles. The van der Waals surface area contributed by atoms with Crippen LogP contribution < -0.4 is 24.8 Å². The van der Waals surface area contributed by atoms with E-state index in [1.807, 2.05) is 0 Å². The molecule has 2 aliphatic rings. The Kier molecular flexibility index (Phi) is 11.5. The van der Waals surface area contributed by atoms with Crippen molar-refractivity contribution < 1.29 is 48.0 Å². The van der Waals surface area contributed by atoms with Gasteiger partial charge in [0.2, 0.25) is 0 Å². The third kappa shape index (κ3) is 7.39. The van der Waals surface area contributed by atoms with Gasteiger partial charge in [-0.05, 0) is 0 Å². The Balaban J connectivity index is 0.00000250. The van der Waals surface area contributed by atoms with Crippen molar-refractivity contribution in [3.8, 4) is 22.3 Å². The molecule has 0 amide bonds. The molecule has 6 rings (SSSR count). The van der Waals surface area contributed by atoms with E-state index in [1.165, 1.54) is 44.5 Å². The molecule has 0 N–H and O–H groups in total. The van der Waals surface area contributed by atoms with Crippen LogP contribution in [0.4, 0.5) is 0 Å². The minimum absolute atomic E-state index is 0. The molecule has 0 bridgehead atoms. The average molecular weight is 741 g/mol. The van der Waals surface area contributed by atoms with Crippen LogP contribution in [0.15, 0.2) is 96.1 Å². The van der Waals surface area contributed by atoms with E-state index in [0.717, 1.165) is 0 Å². The predicted octanol–water partition coefficient (Wildman–Crippen LogP) is 6.59. The van der Waals surface area contributed by atoms with E-state index in [9.17, 15) is 0 Å². The molecule has 0 aromatic heterocycles. The van der Waals surface area contributed by atoms with Gasteiger partial charge >= 0.3 is 286 Å². The van der Waals surface area contributed by atoms with Crippen molar-refractivity contribution in [3.63, 3.8) is 0 Å². The normalized spacial score (nSPS) is 16.9. The molecule has 3 heteroatoms. The van der Waals surface area contributed by atoms with Crippen LogP contribution in [-0.4, -0.2) is 0 Å². The fraction of sp³-hybridized carbons (Fsp3) is 0.364. The third-order valence-corrected chi connectivity index (χ3v) is 14.8. The summed E-state index contributed by atoms with van der Waals surface area (Å²) in [6, 6.07) is 32.9. The van der Waals surface area contributed by atoms with Crippen LogP contribution in [-0.2, 0) is 34.1 Å². The second-order valence-corrected chi connectivity index (χ2v) is 19.6. The van der Waals surface area contributed by atoms with Crippen molar-refractivity contribution >= 4 is 12.2 Å². The van der Waals surface area contributed by atoms with Gasteiger partial charge in [0.15, 0.2) is 0 Å². The van der Waals surface area contributed by atoms with E-state index in [1.54, 1.807) is 22.3 Å². The molecule has 244 valence electrons. The van der Waals surface area contributed by atoms with E-state index in [-0.39, 0.29) is 35.6 Å². The molecule has 4 aromatic rings. The summed E-state index contributed by atoms with van der Waals surface area (Å²) in [6.45, 7) is 23.4. The Morgan fingerprint density at radius 3 is 1.13 bits per heavy atom. The summed E-state index contributed by atoms with van der Waals surface area (Å²) in [7, 11) is 0. The molecule has 47 heavy (non-hydrogen) atoms. The van der Waals surface area contributed by atoms with Crippen LogP contribution in [0.1, 0.15) is 110 Å². The van der Waals surface area contributed by atoms with E-state index >= 15 is 0 Å². The first-order valence-corrected chi connectivity index (χ1v) is 19.7. The Morgan fingerprint density at radius 2 is 0.830 bits per heavy atom. The summed E-state index contributed by atoms with van der Waals surface area (Å²) in [4.78, 5) is 0. The SMILES string of the molecule is CC(C)C1=Cc2c(-c3ccc(C(C)(C)C)cc3)cccc2[CH]1[Zr+2][CH]1C(C(C)C)=Cc2c(-c3ccc(C(C)(C)C)cc3)cccc21.[Cl-].[Cl-]. The molecule has 2 aliphatic carbocycles. The van der Waals surface area contributed by atoms with Gasteiger partial charge in [-0.1, -0.05) is 0 Å². The quantitative estimate of drug-likeness (QED) is 0.209. The van der Waals surface area contributed by atoms with Crippen LogP contribution in [0.3, 0.4) is 0 Å². The monoisotopic (exact) mass is 738 g/mol. The maximum Gasteiger partial charge on any atom is -1.00 e. The Bertz CT molecular complexity index is 1640. The Hall–Kier alpha value is -2.18. The fourth-order valence-electron chi connectivity index (χ4n) is 7.19. The van der Waals surface area contributed by atoms with E-state index in [2.05, 4.69) is 166 Å². The van der Waals surface area contributed by atoms with E-state index in [4.69, 9.17) is 0 Å². The van der Waals surface area contributed by atoms with Gasteiger partial charge in [0.1, 0.15) is 0 Å². The average Bonchev–Trinajstić information content (AvgIpc) is 3.56. The molecule has 4 aromatic carbocycles. The maximum absolute atomic E-state index is 2.58. The van der Waals surface area contributed by atoms with Crippen molar-refractivity contribution in [2.75, 3.05) is 0 Å². The molecule has 0 nitrogen and oxygen atoms in total. The molecular weight excluding hydrogens is 691 g/mol. The molecule has 0 heterocycles. The van der Waals surface area contributed by atoms with Crippen molar-refractivity contribution in [3.05, 3.63) is 129 Å². The molecule has 0 saturated heterocycles. The minimum atomic E-state index is -1.000. The summed E-state index contributed by atoms with van der Waals surface area (Å²) in [5, 5.41) is 0. The van der Waals surface area contributed by atoms with Crippen LogP contribution in [0.25, 0.3) is 34.4 Å². The van der Waals surface area contributed by atoms with Crippen molar-refractivity contribution in [2.24, 2.45) is 11.8 Å². The molecule has 2 atom stereocenters. The van der Waals surface area contributed by atoms with Crippen molar-refractivity contribution in [1.29, 1.82) is 0 Å². The van der Waals surface area contributed by atoms with Gasteiger partial charge in [0.25, 0.3) is 0 Å². The summed E-state index contributed by atoms with van der Waals surface area (Å²) in [6.07, 6.45) is 5.17. The van der Waals surface area contributed by atoms with E-state index in [0.29, 0.717) is 19.1 Å². The third-order valence-electron chi connectivity index (χ3n) is 9.98. The first-order chi connectivity index (χ1) is 21.2. The van der Waals surface area contributed by atoms with Gasteiger partial charge in [-0.3, -0.25) is 0 Å².